The largest absolute Gasteiger partial charge is 0.368 e. The molecule has 0 N–H and O–H groups in total. The van der Waals surface area contributed by atoms with Gasteiger partial charge in [-0.1, -0.05) is 23.8 Å². The number of anilines is 1. The molecule has 1 fully saturated rings. The van der Waals surface area contributed by atoms with Crippen molar-refractivity contribution in [2.24, 2.45) is 0 Å². The van der Waals surface area contributed by atoms with E-state index >= 15 is 0 Å². The van der Waals surface area contributed by atoms with Crippen molar-refractivity contribution >= 4 is 22.5 Å². The highest BCUT2D eigenvalue weighted by Crippen LogP contribution is 2.19. The molecule has 4 heteroatoms. The maximum Gasteiger partial charge on any atom is 0.253 e. The van der Waals surface area contributed by atoms with Gasteiger partial charge >= 0.3 is 0 Å². The monoisotopic (exact) mass is 331 g/mol. The van der Waals surface area contributed by atoms with E-state index in [1.807, 2.05) is 35.2 Å². The van der Waals surface area contributed by atoms with Crippen LogP contribution in [-0.4, -0.2) is 42.0 Å². The van der Waals surface area contributed by atoms with E-state index in [-0.39, 0.29) is 5.91 Å². The molecule has 1 aliphatic rings. The van der Waals surface area contributed by atoms with E-state index < -0.39 is 0 Å². The molecule has 0 unspecified atom stereocenters. The number of hydrogen-bond donors (Lipinski definition) is 0. The van der Waals surface area contributed by atoms with Gasteiger partial charge in [0.05, 0.1) is 5.52 Å². The molecule has 2 aromatic carbocycles. The summed E-state index contributed by atoms with van der Waals surface area (Å²) in [7, 11) is 0. The van der Waals surface area contributed by atoms with Crippen LogP contribution in [0.3, 0.4) is 0 Å². The van der Waals surface area contributed by atoms with Gasteiger partial charge in [-0.2, -0.15) is 0 Å². The minimum absolute atomic E-state index is 0.106. The van der Waals surface area contributed by atoms with Crippen molar-refractivity contribution in [3.8, 4) is 0 Å². The summed E-state index contributed by atoms with van der Waals surface area (Å²) in [6.45, 7) is 5.32. The highest BCUT2D eigenvalue weighted by Gasteiger charge is 2.22. The van der Waals surface area contributed by atoms with Gasteiger partial charge in [-0.25, -0.2) is 0 Å². The molecule has 0 atom stereocenters. The molecule has 4 rings (SSSR count). The number of aromatic nitrogens is 1. The minimum Gasteiger partial charge on any atom is -0.368 e. The van der Waals surface area contributed by atoms with Crippen molar-refractivity contribution in [2.75, 3.05) is 31.1 Å². The number of benzene rings is 2. The lowest BCUT2D eigenvalue weighted by Gasteiger charge is -2.36. The van der Waals surface area contributed by atoms with E-state index in [1.54, 1.807) is 6.20 Å². The number of pyridine rings is 1. The molecule has 1 aliphatic heterocycles. The summed E-state index contributed by atoms with van der Waals surface area (Å²) in [4.78, 5) is 21.4. The molecule has 2 heterocycles. The number of rotatable bonds is 2. The molecular weight excluding hydrogens is 310 g/mol. The van der Waals surface area contributed by atoms with Crippen LogP contribution in [-0.2, 0) is 0 Å². The molecule has 1 amide bonds. The topological polar surface area (TPSA) is 36.4 Å². The molecule has 25 heavy (non-hydrogen) atoms. The SMILES string of the molecule is Cc1ccc(N2CCN(C(=O)c3ccc4ncccc4c3)CC2)cc1. The molecule has 126 valence electrons. The highest BCUT2D eigenvalue weighted by atomic mass is 16.2. The molecule has 0 radical (unpaired) electrons. The summed E-state index contributed by atoms with van der Waals surface area (Å²) < 4.78 is 0. The first kappa shape index (κ1) is 15.6. The first-order valence-corrected chi connectivity index (χ1v) is 8.66. The molecule has 0 spiro atoms. The van der Waals surface area contributed by atoms with Crippen LogP contribution in [0.15, 0.2) is 60.8 Å². The van der Waals surface area contributed by atoms with Crippen molar-refractivity contribution in [3.05, 3.63) is 71.9 Å². The zero-order valence-electron chi connectivity index (χ0n) is 14.4. The number of hydrogen-bond acceptors (Lipinski definition) is 3. The summed E-state index contributed by atoms with van der Waals surface area (Å²) in [5, 5.41) is 1.01. The van der Waals surface area contributed by atoms with Crippen LogP contribution in [0.25, 0.3) is 10.9 Å². The summed E-state index contributed by atoms with van der Waals surface area (Å²) in [5.41, 5.74) is 4.16. The number of nitrogens with zero attached hydrogens (tertiary/aromatic N) is 3. The predicted octanol–water partition coefficient (Wildman–Crippen LogP) is 3.51. The number of fused-ring (bicyclic) bond motifs is 1. The van der Waals surface area contributed by atoms with Crippen LogP contribution >= 0.6 is 0 Å². The van der Waals surface area contributed by atoms with E-state index in [4.69, 9.17) is 0 Å². The first-order valence-electron chi connectivity index (χ1n) is 8.66. The zero-order valence-corrected chi connectivity index (χ0v) is 14.4. The smallest absolute Gasteiger partial charge is 0.253 e. The summed E-state index contributed by atoms with van der Waals surface area (Å²) >= 11 is 0. The summed E-state index contributed by atoms with van der Waals surface area (Å²) in [6.07, 6.45) is 1.77. The lowest BCUT2D eigenvalue weighted by molar-refractivity contribution is 0.0747. The first-order chi connectivity index (χ1) is 12.2. The summed E-state index contributed by atoms with van der Waals surface area (Å²) in [6, 6.07) is 18.2. The Kier molecular flexibility index (Phi) is 4.10. The van der Waals surface area contributed by atoms with Crippen LogP contribution < -0.4 is 4.90 Å². The molecule has 1 saturated heterocycles. The predicted molar refractivity (Wildman–Crippen MR) is 101 cm³/mol. The van der Waals surface area contributed by atoms with Crippen LogP contribution in [0.4, 0.5) is 5.69 Å². The van der Waals surface area contributed by atoms with E-state index in [1.165, 1.54) is 11.3 Å². The lowest BCUT2D eigenvalue weighted by atomic mass is 10.1. The normalized spacial score (nSPS) is 14.8. The fraction of sp³-hybridized carbons (Fsp3) is 0.238. The van der Waals surface area contributed by atoms with Gasteiger partial charge in [0, 0.05) is 49.0 Å². The number of amides is 1. The maximum atomic E-state index is 12.8. The number of piperazine rings is 1. The minimum atomic E-state index is 0.106. The van der Waals surface area contributed by atoms with Gasteiger partial charge in [0.25, 0.3) is 5.91 Å². The quantitative estimate of drug-likeness (QED) is 0.721. The number of carbonyl (C=O) groups is 1. The van der Waals surface area contributed by atoms with Crippen LogP contribution in [0, 0.1) is 6.92 Å². The van der Waals surface area contributed by atoms with Crippen molar-refractivity contribution in [1.82, 2.24) is 9.88 Å². The van der Waals surface area contributed by atoms with E-state index in [0.29, 0.717) is 0 Å². The maximum absolute atomic E-state index is 12.8. The van der Waals surface area contributed by atoms with E-state index in [2.05, 4.69) is 41.1 Å². The molecule has 0 aliphatic carbocycles. The Morgan fingerprint density at radius 2 is 1.72 bits per heavy atom. The Labute approximate surface area is 147 Å². The van der Waals surface area contributed by atoms with Gasteiger partial charge in [-0.05, 0) is 43.3 Å². The fourth-order valence-corrected chi connectivity index (χ4v) is 3.31. The van der Waals surface area contributed by atoms with Gasteiger partial charge in [0.1, 0.15) is 0 Å². The van der Waals surface area contributed by atoms with E-state index in [0.717, 1.165) is 42.6 Å². The van der Waals surface area contributed by atoms with Crippen molar-refractivity contribution in [1.29, 1.82) is 0 Å². The average Bonchev–Trinajstić information content (AvgIpc) is 2.68. The highest BCUT2D eigenvalue weighted by molar-refractivity contribution is 5.98. The van der Waals surface area contributed by atoms with Crippen LogP contribution in [0.1, 0.15) is 15.9 Å². The Hall–Kier alpha value is -2.88. The summed E-state index contributed by atoms with van der Waals surface area (Å²) in [5.74, 6) is 0.106. The third-order valence-electron chi connectivity index (χ3n) is 4.82. The second-order valence-electron chi connectivity index (χ2n) is 6.53. The van der Waals surface area contributed by atoms with Crippen molar-refractivity contribution < 1.29 is 4.79 Å². The lowest BCUT2D eigenvalue weighted by Crippen LogP contribution is -2.48. The molecule has 3 aromatic rings. The van der Waals surface area contributed by atoms with Crippen molar-refractivity contribution in [3.63, 3.8) is 0 Å². The van der Waals surface area contributed by atoms with Gasteiger partial charge in [0.2, 0.25) is 0 Å². The Morgan fingerprint density at radius 3 is 2.48 bits per heavy atom. The molecule has 0 bridgehead atoms. The van der Waals surface area contributed by atoms with Gasteiger partial charge in [-0.15, -0.1) is 0 Å². The Bertz CT molecular complexity index is 896. The molecule has 0 saturated carbocycles. The van der Waals surface area contributed by atoms with Gasteiger partial charge in [-0.3, -0.25) is 9.78 Å². The fourth-order valence-electron chi connectivity index (χ4n) is 3.31. The Balaban J connectivity index is 1.46. The van der Waals surface area contributed by atoms with Crippen molar-refractivity contribution in [2.45, 2.75) is 6.92 Å². The average molecular weight is 331 g/mol. The third kappa shape index (κ3) is 3.20. The molecular formula is C21H21N3O. The second kappa shape index (κ2) is 6.55. The van der Waals surface area contributed by atoms with Gasteiger partial charge < -0.3 is 9.80 Å². The van der Waals surface area contributed by atoms with Crippen LogP contribution in [0.5, 0.6) is 0 Å². The molecule has 1 aromatic heterocycles. The second-order valence-corrected chi connectivity index (χ2v) is 6.53. The van der Waals surface area contributed by atoms with Gasteiger partial charge in [0.15, 0.2) is 0 Å². The zero-order chi connectivity index (χ0) is 17.2. The van der Waals surface area contributed by atoms with E-state index in [9.17, 15) is 4.79 Å². The standard InChI is InChI=1S/C21H21N3O/c1-16-4-7-19(8-5-16)23-11-13-24(14-12-23)21(25)18-6-9-20-17(15-18)3-2-10-22-20/h2-10,15H,11-14H2,1H3. The Morgan fingerprint density at radius 1 is 0.960 bits per heavy atom. The molecule has 4 nitrogen and oxygen atoms in total. The van der Waals surface area contributed by atoms with Crippen LogP contribution in [0.2, 0.25) is 0 Å². The number of aryl methyl sites for hydroxylation is 1. The number of carbonyl (C=O) groups excluding carboxylic acids is 1. The third-order valence-corrected chi connectivity index (χ3v) is 4.82.